The Morgan fingerprint density at radius 1 is 0.541 bits per heavy atom. The van der Waals surface area contributed by atoms with Gasteiger partial charge in [0.2, 0.25) is 0 Å². The molecule has 0 bridgehead atoms. The van der Waals surface area contributed by atoms with Crippen LogP contribution in [0.3, 0.4) is 0 Å². The molecule has 0 radical (unpaired) electrons. The van der Waals surface area contributed by atoms with Crippen molar-refractivity contribution in [1.29, 1.82) is 0 Å². The van der Waals surface area contributed by atoms with Crippen LogP contribution in [0.15, 0.2) is 12.4 Å². The van der Waals surface area contributed by atoms with Crippen molar-refractivity contribution >= 4 is 0 Å². The highest BCUT2D eigenvalue weighted by Gasteiger charge is 2.24. The SMILES string of the molecule is CCCCCCCCCCCCCCCCC(CC)c1[nH]cc[n+]1C(C)CCCCCCCCCCC. The largest absolute Gasteiger partial charge is 0.257 e. The van der Waals surface area contributed by atoms with Crippen LogP contribution in [0.1, 0.15) is 212 Å². The van der Waals surface area contributed by atoms with Gasteiger partial charge in [-0.3, -0.25) is 0 Å². The maximum absolute atomic E-state index is 3.64. The van der Waals surface area contributed by atoms with Crippen LogP contribution in [0, 0.1) is 0 Å². The van der Waals surface area contributed by atoms with Gasteiger partial charge in [-0.1, -0.05) is 162 Å². The van der Waals surface area contributed by atoms with E-state index in [-0.39, 0.29) is 0 Å². The number of rotatable bonds is 28. The average molecular weight is 518 g/mol. The topological polar surface area (TPSA) is 19.7 Å². The first-order chi connectivity index (χ1) is 18.2. The summed E-state index contributed by atoms with van der Waals surface area (Å²) in [5.41, 5.74) is 0. The first-order valence-corrected chi connectivity index (χ1v) is 17.3. The van der Waals surface area contributed by atoms with Crippen molar-refractivity contribution in [1.82, 2.24) is 4.98 Å². The van der Waals surface area contributed by atoms with Crippen LogP contribution < -0.4 is 4.57 Å². The Kier molecular flexibility index (Phi) is 23.6. The van der Waals surface area contributed by atoms with E-state index < -0.39 is 0 Å². The molecule has 0 saturated carbocycles. The van der Waals surface area contributed by atoms with Gasteiger partial charge in [-0.2, -0.15) is 0 Å². The number of aromatic amines is 1. The fourth-order valence-corrected chi connectivity index (χ4v) is 6.08. The van der Waals surface area contributed by atoms with Gasteiger partial charge in [0.15, 0.2) is 0 Å². The van der Waals surface area contributed by atoms with Crippen molar-refractivity contribution in [3.05, 3.63) is 18.2 Å². The third-order valence-electron chi connectivity index (χ3n) is 8.73. The standard InChI is InChI=1S/C35H68N2/c1-5-8-10-12-14-16-17-18-19-20-22-24-26-28-30-34(7-3)35-36-31-32-37(35)33(4)29-27-25-23-21-15-13-11-9-6-2/h31-34H,5-30H2,1-4H3/p+1. The molecule has 0 aliphatic heterocycles. The van der Waals surface area contributed by atoms with Crippen molar-refractivity contribution in [2.24, 2.45) is 0 Å². The number of aromatic nitrogens is 2. The molecule has 218 valence electrons. The lowest BCUT2D eigenvalue weighted by atomic mass is 9.96. The van der Waals surface area contributed by atoms with Gasteiger partial charge in [0.05, 0.1) is 12.0 Å². The van der Waals surface area contributed by atoms with Crippen LogP contribution in [-0.2, 0) is 0 Å². The average Bonchev–Trinajstić information content (AvgIpc) is 3.40. The summed E-state index contributed by atoms with van der Waals surface area (Å²) in [4.78, 5) is 3.64. The summed E-state index contributed by atoms with van der Waals surface area (Å²) in [6, 6.07) is 0.621. The predicted octanol–water partition coefficient (Wildman–Crippen LogP) is 12.1. The monoisotopic (exact) mass is 518 g/mol. The maximum atomic E-state index is 3.64. The molecule has 1 aromatic heterocycles. The van der Waals surface area contributed by atoms with Gasteiger partial charge in [0.1, 0.15) is 12.4 Å². The number of hydrogen-bond donors (Lipinski definition) is 1. The quantitative estimate of drug-likeness (QED) is 0.0842. The molecule has 1 aromatic rings. The maximum Gasteiger partial charge on any atom is 0.257 e. The number of hydrogen-bond acceptors (Lipinski definition) is 0. The van der Waals surface area contributed by atoms with Gasteiger partial charge in [-0.25, -0.2) is 9.55 Å². The Morgan fingerprint density at radius 3 is 1.32 bits per heavy atom. The molecule has 2 heteroatoms. The Balaban J connectivity index is 2.10. The molecule has 37 heavy (non-hydrogen) atoms. The lowest BCUT2D eigenvalue weighted by molar-refractivity contribution is -0.727. The van der Waals surface area contributed by atoms with E-state index in [9.17, 15) is 0 Å². The van der Waals surface area contributed by atoms with E-state index >= 15 is 0 Å². The van der Waals surface area contributed by atoms with Crippen molar-refractivity contribution in [2.45, 2.75) is 207 Å². The third-order valence-corrected chi connectivity index (χ3v) is 8.73. The van der Waals surface area contributed by atoms with Gasteiger partial charge in [0, 0.05) is 0 Å². The molecule has 0 spiro atoms. The zero-order valence-corrected chi connectivity index (χ0v) is 26.1. The zero-order chi connectivity index (χ0) is 26.8. The summed E-state index contributed by atoms with van der Waals surface area (Å²) in [5.74, 6) is 2.18. The fraction of sp³-hybridized carbons (Fsp3) is 0.914. The lowest BCUT2D eigenvalue weighted by Gasteiger charge is -2.16. The molecule has 2 atom stereocenters. The van der Waals surface area contributed by atoms with Crippen molar-refractivity contribution in [2.75, 3.05) is 0 Å². The number of imidazole rings is 1. The van der Waals surface area contributed by atoms with E-state index in [4.69, 9.17) is 0 Å². The third kappa shape index (κ3) is 18.2. The summed E-state index contributed by atoms with van der Waals surface area (Å²) in [5, 5.41) is 0. The van der Waals surface area contributed by atoms with E-state index in [1.54, 1.807) is 0 Å². The van der Waals surface area contributed by atoms with E-state index in [0.717, 1.165) is 0 Å². The molecular weight excluding hydrogens is 448 g/mol. The molecule has 0 fully saturated rings. The molecular formula is C35H69N2+. The summed E-state index contributed by atoms with van der Waals surface area (Å²) in [6.45, 7) is 9.42. The minimum absolute atomic E-state index is 0.621. The lowest BCUT2D eigenvalue weighted by Crippen LogP contribution is -2.41. The van der Waals surface area contributed by atoms with Gasteiger partial charge < -0.3 is 0 Å². The normalized spacial score (nSPS) is 13.3. The van der Waals surface area contributed by atoms with Crippen molar-refractivity contribution in [3.63, 3.8) is 0 Å². The number of nitrogens with zero attached hydrogens (tertiary/aromatic N) is 1. The van der Waals surface area contributed by atoms with Gasteiger partial charge in [-0.15, -0.1) is 0 Å². The van der Waals surface area contributed by atoms with Crippen LogP contribution in [0.2, 0.25) is 0 Å². The molecule has 0 saturated heterocycles. The second-order valence-corrected chi connectivity index (χ2v) is 12.2. The Labute approximate surface area is 234 Å². The second kappa shape index (κ2) is 25.5. The van der Waals surface area contributed by atoms with E-state index in [1.807, 2.05) is 0 Å². The van der Waals surface area contributed by atoms with E-state index in [0.29, 0.717) is 12.0 Å². The van der Waals surface area contributed by atoms with E-state index in [2.05, 4.69) is 49.6 Å². The molecule has 0 aliphatic rings. The molecule has 2 unspecified atom stereocenters. The highest BCUT2D eigenvalue weighted by atomic mass is 15.1. The summed E-state index contributed by atoms with van der Waals surface area (Å²) >= 11 is 0. The molecule has 0 aromatic carbocycles. The Hall–Kier alpha value is -0.790. The zero-order valence-electron chi connectivity index (χ0n) is 26.1. The first kappa shape index (κ1) is 34.2. The summed E-state index contributed by atoms with van der Waals surface area (Å²) in [6.07, 6.45) is 41.4. The minimum Gasteiger partial charge on any atom is -0.247 e. The molecule has 0 amide bonds. The van der Waals surface area contributed by atoms with Gasteiger partial charge >= 0.3 is 0 Å². The number of nitrogens with one attached hydrogen (secondary N) is 1. The second-order valence-electron chi connectivity index (χ2n) is 12.2. The number of H-pyrrole nitrogens is 1. The van der Waals surface area contributed by atoms with Crippen LogP contribution in [0.25, 0.3) is 0 Å². The number of unbranched alkanes of at least 4 members (excludes halogenated alkanes) is 21. The fourth-order valence-electron chi connectivity index (χ4n) is 6.08. The Bertz CT molecular complexity index is 578. The molecule has 0 aliphatic carbocycles. The van der Waals surface area contributed by atoms with Crippen molar-refractivity contribution in [3.8, 4) is 0 Å². The molecule has 1 heterocycles. The highest BCUT2D eigenvalue weighted by molar-refractivity contribution is 4.89. The van der Waals surface area contributed by atoms with Crippen LogP contribution >= 0.6 is 0 Å². The first-order valence-electron chi connectivity index (χ1n) is 17.3. The van der Waals surface area contributed by atoms with E-state index in [1.165, 1.54) is 173 Å². The van der Waals surface area contributed by atoms with Gasteiger partial charge in [-0.05, 0) is 32.6 Å². The molecule has 2 nitrogen and oxygen atoms in total. The predicted molar refractivity (Wildman–Crippen MR) is 166 cm³/mol. The smallest absolute Gasteiger partial charge is 0.247 e. The minimum atomic E-state index is 0.621. The van der Waals surface area contributed by atoms with Crippen LogP contribution in [0.5, 0.6) is 0 Å². The Morgan fingerprint density at radius 2 is 0.919 bits per heavy atom. The molecule has 1 rings (SSSR count). The van der Waals surface area contributed by atoms with Gasteiger partial charge in [0.25, 0.3) is 5.82 Å². The summed E-state index contributed by atoms with van der Waals surface area (Å²) < 4.78 is 2.57. The van der Waals surface area contributed by atoms with Crippen LogP contribution in [0.4, 0.5) is 0 Å². The summed E-state index contributed by atoms with van der Waals surface area (Å²) in [7, 11) is 0. The van der Waals surface area contributed by atoms with Crippen molar-refractivity contribution < 1.29 is 4.57 Å². The van der Waals surface area contributed by atoms with Crippen LogP contribution in [-0.4, -0.2) is 4.98 Å². The molecule has 1 N–H and O–H groups in total. The highest BCUT2D eigenvalue weighted by Crippen LogP contribution is 2.24.